The monoisotopic (exact) mass is 325 g/mol. The molecule has 3 nitrogen and oxygen atoms in total. The van der Waals surface area contributed by atoms with E-state index in [1.165, 1.54) is 11.1 Å². The van der Waals surface area contributed by atoms with E-state index in [0.717, 1.165) is 25.7 Å². The zero-order valence-corrected chi connectivity index (χ0v) is 14.1. The highest BCUT2D eigenvalue weighted by Gasteiger charge is 2.24. The molecule has 0 unspecified atom stereocenters. The first-order valence-electron chi connectivity index (χ1n) is 8.95. The molecule has 0 radical (unpaired) electrons. The van der Waals surface area contributed by atoms with Gasteiger partial charge >= 0.3 is 0 Å². The summed E-state index contributed by atoms with van der Waals surface area (Å²) in [6, 6.07) is 22.1. The van der Waals surface area contributed by atoms with Gasteiger partial charge in [-0.3, -0.25) is 0 Å². The molecule has 0 spiro atoms. The summed E-state index contributed by atoms with van der Waals surface area (Å²) in [7, 11) is 0. The SMILES string of the molecule is OCCOC1CCC(NC(c2ccccc2)c2ccccc2)CC1. The van der Waals surface area contributed by atoms with E-state index in [-0.39, 0.29) is 12.6 Å². The molecule has 1 saturated carbocycles. The molecule has 0 atom stereocenters. The third-order valence-electron chi connectivity index (χ3n) is 4.79. The van der Waals surface area contributed by atoms with E-state index < -0.39 is 0 Å². The Bertz CT molecular complexity index is 540. The summed E-state index contributed by atoms with van der Waals surface area (Å²) in [5, 5.41) is 12.7. The van der Waals surface area contributed by atoms with E-state index in [1.54, 1.807) is 0 Å². The molecule has 2 N–H and O–H groups in total. The minimum Gasteiger partial charge on any atom is -0.394 e. The zero-order chi connectivity index (χ0) is 16.6. The molecule has 3 heteroatoms. The standard InChI is InChI=1S/C21H27NO2/c23-15-16-24-20-13-11-19(12-14-20)22-21(17-7-3-1-4-8-17)18-9-5-2-6-10-18/h1-10,19-23H,11-16H2. The summed E-state index contributed by atoms with van der Waals surface area (Å²) < 4.78 is 5.68. The smallest absolute Gasteiger partial charge is 0.0701 e. The number of benzene rings is 2. The van der Waals surface area contributed by atoms with Crippen LogP contribution in [0.5, 0.6) is 0 Å². The lowest BCUT2D eigenvalue weighted by Gasteiger charge is -2.32. The van der Waals surface area contributed by atoms with Gasteiger partial charge in [-0.15, -0.1) is 0 Å². The number of ether oxygens (including phenoxy) is 1. The third kappa shape index (κ3) is 4.67. The minimum absolute atomic E-state index is 0.113. The Hall–Kier alpha value is -1.68. The average Bonchev–Trinajstić information content (AvgIpc) is 2.67. The summed E-state index contributed by atoms with van der Waals surface area (Å²) in [5.74, 6) is 0. The molecule has 24 heavy (non-hydrogen) atoms. The zero-order valence-electron chi connectivity index (χ0n) is 14.1. The van der Waals surface area contributed by atoms with Gasteiger partial charge in [0.05, 0.1) is 25.4 Å². The summed E-state index contributed by atoms with van der Waals surface area (Å²) in [6.45, 7) is 0.571. The van der Waals surface area contributed by atoms with Crippen molar-refractivity contribution in [3.63, 3.8) is 0 Å². The van der Waals surface area contributed by atoms with Gasteiger partial charge in [-0.25, -0.2) is 0 Å². The van der Waals surface area contributed by atoms with Crippen molar-refractivity contribution in [2.45, 2.75) is 43.9 Å². The maximum Gasteiger partial charge on any atom is 0.0701 e. The van der Waals surface area contributed by atoms with Crippen LogP contribution in [0.3, 0.4) is 0 Å². The van der Waals surface area contributed by atoms with Crippen LogP contribution in [-0.4, -0.2) is 30.5 Å². The van der Waals surface area contributed by atoms with Gasteiger partial charge in [0.2, 0.25) is 0 Å². The van der Waals surface area contributed by atoms with Crippen LogP contribution in [0, 0.1) is 0 Å². The number of nitrogens with one attached hydrogen (secondary N) is 1. The predicted octanol–water partition coefficient (Wildman–Crippen LogP) is 3.69. The van der Waals surface area contributed by atoms with Gasteiger partial charge < -0.3 is 15.2 Å². The minimum atomic E-state index is 0.113. The summed E-state index contributed by atoms with van der Waals surface area (Å²) in [4.78, 5) is 0. The third-order valence-corrected chi connectivity index (χ3v) is 4.79. The Balaban J connectivity index is 1.65. The number of aliphatic hydroxyl groups is 1. The molecule has 0 aliphatic heterocycles. The van der Waals surface area contributed by atoms with Crippen molar-refractivity contribution < 1.29 is 9.84 Å². The Kier molecular flexibility index (Phi) is 6.41. The Morgan fingerprint density at radius 1 is 0.875 bits per heavy atom. The molecule has 128 valence electrons. The van der Waals surface area contributed by atoms with Gasteiger partial charge in [-0.05, 0) is 36.8 Å². The lowest BCUT2D eigenvalue weighted by Crippen LogP contribution is -2.38. The van der Waals surface area contributed by atoms with Gasteiger partial charge in [-0.1, -0.05) is 60.7 Å². The normalized spacial score (nSPS) is 21.1. The first-order valence-corrected chi connectivity index (χ1v) is 8.95. The maximum atomic E-state index is 8.88. The second kappa shape index (κ2) is 8.97. The van der Waals surface area contributed by atoms with Gasteiger partial charge in [-0.2, -0.15) is 0 Å². The molecule has 0 saturated heterocycles. The molecular weight excluding hydrogens is 298 g/mol. The summed E-state index contributed by atoms with van der Waals surface area (Å²) in [5.41, 5.74) is 2.62. The van der Waals surface area contributed by atoms with E-state index >= 15 is 0 Å². The lowest BCUT2D eigenvalue weighted by atomic mass is 9.90. The van der Waals surface area contributed by atoms with Crippen molar-refractivity contribution in [3.8, 4) is 0 Å². The van der Waals surface area contributed by atoms with Crippen LogP contribution in [0.2, 0.25) is 0 Å². The topological polar surface area (TPSA) is 41.5 Å². The summed E-state index contributed by atoms with van der Waals surface area (Å²) in [6.07, 6.45) is 4.67. The van der Waals surface area contributed by atoms with Crippen molar-refractivity contribution in [1.82, 2.24) is 5.32 Å². The van der Waals surface area contributed by atoms with Crippen LogP contribution in [-0.2, 0) is 4.74 Å². The average molecular weight is 325 g/mol. The second-order valence-electron chi connectivity index (χ2n) is 6.49. The van der Waals surface area contributed by atoms with Gasteiger partial charge in [0.25, 0.3) is 0 Å². The van der Waals surface area contributed by atoms with Crippen LogP contribution in [0.15, 0.2) is 60.7 Å². The highest BCUT2D eigenvalue weighted by atomic mass is 16.5. The molecule has 0 heterocycles. The van der Waals surface area contributed by atoms with Crippen LogP contribution in [0.4, 0.5) is 0 Å². The largest absolute Gasteiger partial charge is 0.394 e. The van der Waals surface area contributed by atoms with Crippen LogP contribution >= 0.6 is 0 Å². The van der Waals surface area contributed by atoms with Gasteiger partial charge in [0.1, 0.15) is 0 Å². The van der Waals surface area contributed by atoms with E-state index in [0.29, 0.717) is 18.8 Å². The first kappa shape index (κ1) is 17.2. The number of rotatable bonds is 7. The Labute approximate surface area is 144 Å². The lowest BCUT2D eigenvalue weighted by molar-refractivity contribution is 0.00369. The Morgan fingerprint density at radius 2 is 1.42 bits per heavy atom. The van der Waals surface area contributed by atoms with Crippen molar-refractivity contribution in [1.29, 1.82) is 0 Å². The van der Waals surface area contributed by atoms with E-state index in [9.17, 15) is 0 Å². The molecule has 0 bridgehead atoms. The highest BCUT2D eigenvalue weighted by molar-refractivity contribution is 5.31. The van der Waals surface area contributed by atoms with Crippen LogP contribution in [0.25, 0.3) is 0 Å². The Morgan fingerprint density at radius 3 is 1.92 bits per heavy atom. The second-order valence-corrected chi connectivity index (χ2v) is 6.49. The van der Waals surface area contributed by atoms with Crippen molar-refractivity contribution in [2.75, 3.05) is 13.2 Å². The van der Waals surface area contributed by atoms with E-state index in [4.69, 9.17) is 9.84 Å². The fourth-order valence-corrected chi connectivity index (χ4v) is 3.53. The summed E-state index contributed by atoms with van der Waals surface area (Å²) >= 11 is 0. The van der Waals surface area contributed by atoms with E-state index in [1.807, 2.05) is 0 Å². The fraction of sp³-hybridized carbons (Fsp3) is 0.429. The molecule has 2 aromatic rings. The van der Waals surface area contributed by atoms with Crippen molar-refractivity contribution in [2.24, 2.45) is 0 Å². The molecular formula is C21H27NO2. The van der Waals surface area contributed by atoms with Crippen molar-refractivity contribution >= 4 is 0 Å². The van der Waals surface area contributed by atoms with Crippen LogP contribution in [0.1, 0.15) is 42.9 Å². The molecule has 1 fully saturated rings. The number of aliphatic hydroxyl groups excluding tert-OH is 1. The first-order chi connectivity index (χ1) is 11.9. The molecule has 3 rings (SSSR count). The van der Waals surface area contributed by atoms with Crippen LogP contribution < -0.4 is 5.32 Å². The highest BCUT2D eigenvalue weighted by Crippen LogP contribution is 2.27. The molecule has 0 aromatic heterocycles. The molecule has 2 aromatic carbocycles. The quantitative estimate of drug-likeness (QED) is 0.816. The maximum absolute atomic E-state index is 8.88. The fourth-order valence-electron chi connectivity index (χ4n) is 3.53. The van der Waals surface area contributed by atoms with Gasteiger partial charge in [0.15, 0.2) is 0 Å². The molecule has 0 amide bonds. The van der Waals surface area contributed by atoms with Gasteiger partial charge in [0, 0.05) is 6.04 Å². The molecule has 1 aliphatic rings. The number of hydrogen-bond donors (Lipinski definition) is 2. The van der Waals surface area contributed by atoms with Crippen molar-refractivity contribution in [3.05, 3.63) is 71.8 Å². The predicted molar refractivity (Wildman–Crippen MR) is 96.9 cm³/mol. The van der Waals surface area contributed by atoms with E-state index in [2.05, 4.69) is 66.0 Å². The number of hydrogen-bond acceptors (Lipinski definition) is 3. The molecule has 1 aliphatic carbocycles.